The van der Waals surface area contributed by atoms with Gasteiger partial charge in [-0.1, -0.05) is 6.92 Å². The third-order valence-corrected chi connectivity index (χ3v) is 1.21. The monoisotopic (exact) mass is 172 g/mol. The number of carbonyl (C=O) groups is 1. The van der Waals surface area contributed by atoms with E-state index in [4.69, 9.17) is 11.5 Å². The molecule has 0 aliphatic carbocycles. The number of aliphatic imine (C=N–C) groups is 1. The van der Waals surface area contributed by atoms with Gasteiger partial charge in [-0.15, -0.1) is 0 Å². The van der Waals surface area contributed by atoms with Gasteiger partial charge in [0.15, 0.2) is 5.96 Å². The lowest BCUT2D eigenvalue weighted by Crippen LogP contribution is -2.28. The maximum Gasteiger partial charge on any atom is 0.220 e. The molecule has 0 bridgehead atoms. The van der Waals surface area contributed by atoms with Gasteiger partial charge in [0.2, 0.25) is 5.91 Å². The number of nitrogens with one attached hydrogen (secondary N) is 1. The van der Waals surface area contributed by atoms with Gasteiger partial charge in [0.05, 0.1) is 6.54 Å². The lowest BCUT2D eigenvalue weighted by atomic mass is 10.3. The molecule has 70 valence electrons. The molecule has 0 saturated carbocycles. The van der Waals surface area contributed by atoms with Crippen LogP contribution in [0.2, 0.25) is 0 Å². The largest absolute Gasteiger partial charge is 0.370 e. The number of nitrogens with zero attached hydrogens (tertiary/aromatic N) is 1. The Morgan fingerprint density at radius 2 is 2.17 bits per heavy atom. The Kier molecular flexibility index (Phi) is 5.77. The molecule has 0 fully saturated rings. The summed E-state index contributed by atoms with van der Waals surface area (Å²) in [5.74, 6) is 0.100. The summed E-state index contributed by atoms with van der Waals surface area (Å²) in [4.78, 5) is 14.6. The fourth-order valence-electron chi connectivity index (χ4n) is 0.696. The first kappa shape index (κ1) is 10.7. The van der Waals surface area contributed by atoms with Crippen LogP contribution in [0.25, 0.3) is 0 Å². The Morgan fingerprint density at radius 3 is 2.67 bits per heavy atom. The molecule has 0 unspecified atom stereocenters. The third kappa shape index (κ3) is 6.85. The molecular formula is C7H16N4O. The molecule has 5 heteroatoms. The van der Waals surface area contributed by atoms with E-state index in [1.807, 2.05) is 6.92 Å². The number of hydrogen-bond donors (Lipinski definition) is 3. The summed E-state index contributed by atoms with van der Waals surface area (Å²) >= 11 is 0. The van der Waals surface area contributed by atoms with Crippen LogP contribution in [0.1, 0.15) is 19.8 Å². The van der Waals surface area contributed by atoms with E-state index in [1.165, 1.54) is 0 Å². The maximum atomic E-state index is 10.9. The molecule has 0 saturated heterocycles. The summed E-state index contributed by atoms with van der Waals surface area (Å²) < 4.78 is 0. The van der Waals surface area contributed by atoms with Crippen LogP contribution in [0.5, 0.6) is 0 Å². The van der Waals surface area contributed by atoms with Gasteiger partial charge >= 0.3 is 0 Å². The van der Waals surface area contributed by atoms with E-state index in [0.717, 1.165) is 6.42 Å². The molecule has 0 aliphatic heterocycles. The maximum absolute atomic E-state index is 10.9. The number of carbonyl (C=O) groups excluding carboxylic acids is 1. The number of amides is 1. The van der Waals surface area contributed by atoms with Gasteiger partial charge in [0, 0.05) is 13.0 Å². The van der Waals surface area contributed by atoms with Gasteiger partial charge < -0.3 is 16.8 Å². The van der Waals surface area contributed by atoms with Gasteiger partial charge in [-0.3, -0.25) is 9.79 Å². The molecule has 5 N–H and O–H groups in total. The van der Waals surface area contributed by atoms with Crippen LogP contribution in [-0.4, -0.2) is 25.0 Å². The van der Waals surface area contributed by atoms with Gasteiger partial charge in [-0.25, -0.2) is 0 Å². The van der Waals surface area contributed by atoms with Crippen LogP contribution < -0.4 is 16.8 Å². The Labute approximate surface area is 72.2 Å². The van der Waals surface area contributed by atoms with Gasteiger partial charge in [0.25, 0.3) is 0 Å². The zero-order chi connectivity index (χ0) is 9.40. The van der Waals surface area contributed by atoms with Crippen LogP contribution in [0.3, 0.4) is 0 Å². The van der Waals surface area contributed by atoms with Gasteiger partial charge in [-0.05, 0) is 6.42 Å². The second-order valence-electron chi connectivity index (χ2n) is 2.41. The van der Waals surface area contributed by atoms with Crippen molar-refractivity contribution in [3.63, 3.8) is 0 Å². The third-order valence-electron chi connectivity index (χ3n) is 1.21. The molecule has 0 radical (unpaired) electrons. The fourth-order valence-corrected chi connectivity index (χ4v) is 0.696. The number of nitrogens with two attached hydrogens (primary N) is 2. The second-order valence-corrected chi connectivity index (χ2v) is 2.41. The normalized spacial score (nSPS) is 9.08. The lowest BCUT2D eigenvalue weighted by molar-refractivity contribution is -0.121. The SMILES string of the molecule is CCCC(=O)NCCN=C(N)N. The zero-order valence-corrected chi connectivity index (χ0v) is 7.34. The minimum Gasteiger partial charge on any atom is -0.370 e. The molecule has 12 heavy (non-hydrogen) atoms. The number of guanidine groups is 1. The van der Waals surface area contributed by atoms with Crippen LogP contribution in [0.4, 0.5) is 0 Å². The standard InChI is InChI=1S/C7H16N4O/c1-2-3-6(12)10-4-5-11-7(8)9/h2-5H2,1H3,(H,10,12)(H4,8,9,11). The molecule has 0 aromatic heterocycles. The highest BCUT2D eigenvalue weighted by Crippen LogP contribution is 1.84. The van der Waals surface area contributed by atoms with Crippen molar-refractivity contribution < 1.29 is 4.79 Å². The summed E-state index contributed by atoms with van der Waals surface area (Å²) in [7, 11) is 0. The fraction of sp³-hybridized carbons (Fsp3) is 0.714. The van der Waals surface area contributed by atoms with Crippen molar-refractivity contribution in [2.75, 3.05) is 13.1 Å². The summed E-state index contributed by atoms with van der Waals surface area (Å²) in [6.07, 6.45) is 1.41. The molecule has 0 aromatic rings. The number of hydrogen-bond acceptors (Lipinski definition) is 2. The summed E-state index contributed by atoms with van der Waals surface area (Å²) in [5, 5.41) is 2.68. The predicted octanol–water partition coefficient (Wildman–Crippen LogP) is -0.824. The van der Waals surface area contributed by atoms with E-state index in [1.54, 1.807) is 0 Å². The molecule has 0 atom stereocenters. The van der Waals surface area contributed by atoms with E-state index >= 15 is 0 Å². The van der Waals surface area contributed by atoms with Crippen molar-refractivity contribution in [2.24, 2.45) is 16.5 Å². The van der Waals surface area contributed by atoms with Crippen molar-refractivity contribution in [2.45, 2.75) is 19.8 Å². The molecule has 0 heterocycles. The highest BCUT2D eigenvalue weighted by Gasteiger charge is 1.95. The van der Waals surface area contributed by atoms with Crippen LogP contribution in [-0.2, 0) is 4.79 Å². The predicted molar refractivity (Wildman–Crippen MR) is 48.6 cm³/mol. The minimum atomic E-state index is 0.0447. The Hall–Kier alpha value is -1.26. The Balaban J connectivity index is 3.31. The average molecular weight is 172 g/mol. The minimum absolute atomic E-state index is 0.0447. The molecular weight excluding hydrogens is 156 g/mol. The highest BCUT2D eigenvalue weighted by molar-refractivity contribution is 5.76. The van der Waals surface area contributed by atoms with Gasteiger partial charge in [0.1, 0.15) is 0 Å². The van der Waals surface area contributed by atoms with Crippen molar-refractivity contribution >= 4 is 11.9 Å². The first-order valence-corrected chi connectivity index (χ1v) is 3.99. The van der Waals surface area contributed by atoms with E-state index in [0.29, 0.717) is 19.5 Å². The van der Waals surface area contributed by atoms with Crippen LogP contribution >= 0.6 is 0 Å². The van der Waals surface area contributed by atoms with Crippen LogP contribution in [0.15, 0.2) is 4.99 Å². The molecule has 0 aromatic carbocycles. The first-order chi connectivity index (χ1) is 5.66. The average Bonchev–Trinajstić information content (AvgIpc) is 1.98. The van der Waals surface area contributed by atoms with E-state index in [9.17, 15) is 4.79 Å². The summed E-state index contributed by atoms with van der Waals surface area (Å²) in [6.45, 7) is 2.89. The summed E-state index contributed by atoms with van der Waals surface area (Å²) in [5.41, 5.74) is 10.2. The molecule has 0 spiro atoms. The quantitative estimate of drug-likeness (QED) is 0.287. The number of rotatable bonds is 5. The molecule has 0 aliphatic rings. The van der Waals surface area contributed by atoms with Crippen molar-refractivity contribution in [1.82, 2.24) is 5.32 Å². The topological polar surface area (TPSA) is 93.5 Å². The second kappa shape index (κ2) is 6.45. The van der Waals surface area contributed by atoms with Crippen LogP contribution in [0, 0.1) is 0 Å². The zero-order valence-electron chi connectivity index (χ0n) is 7.34. The van der Waals surface area contributed by atoms with Gasteiger partial charge in [-0.2, -0.15) is 0 Å². The Morgan fingerprint density at radius 1 is 1.50 bits per heavy atom. The Bertz CT molecular complexity index is 163. The molecule has 5 nitrogen and oxygen atoms in total. The van der Waals surface area contributed by atoms with E-state index in [-0.39, 0.29) is 11.9 Å². The summed E-state index contributed by atoms with van der Waals surface area (Å²) in [6, 6.07) is 0. The molecule has 0 rings (SSSR count). The smallest absolute Gasteiger partial charge is 0.220 e. The first-order valence-electron chi connectivity index (χ1n) is 3.99. The van der Waals surface area contributed by atoms with E-state index < -0.39 is 0 Å². The highest BCUT2D eigenvalue weighted by atomic mass is 16.1. The lowest BCUT2D eigenvalue weighted by Gasteiger charge is -2.00. The van der Waals surface area contributed by atoms with Crippen molar-refractivity contribution in [3.8, 4) is 0 Å². The molecule has 1 amide bonds. The van der Waals surface area contributed by atoms with E-state index in [2.05, 4.69) is 10.3 Å². The van der Waals surface area contributed by atoms with Crippen molar-refractivity contribution in [3.05, 3.63) is 0 Å². The van der Waals surface area contributed by atoms with Crippen molar-refractivity contribution in [1.29, 1.82) is 0 Å².